The van der Waals surface area contributed by atoms with Gasteiger partial charge in [0.05, 0.1) is 6.61 Å². The van der Waals surface area contributed by atoms with Crippen LogP contribution in [-0.2, 0) is 11.2 Å². The van der Waals surface area contributed by atoms with Crippen molar-refractivity contribution in [2.24, 2.45) is 5.41 Å². The van der Waals surface area contributed by atoms with Gasteiger partial charge in [-0.25, -0.2) is 0 Å². The number of ether oxygens (including phenoxy) is 1. The number of carbonyl (C=O) groups excluding carboxylic acids is 1. The Hall–Kier alpha value is -2.40. The molecular formula is C25H34N2O2S. The summed E-state index contributed by atoms with van der Waals surface area (Å²) in [6, 6.07) is 12.3. The van der Waals surface area contributed by atoms with Crippen LogP contribution in [0.2, 0.25) is 0 Å². The molecule has 2 rings (SSSR count). The van der Waals surface area contributed by atoms with Gasteiger partial charge in [-0.05, 0) is 80.6 Å². The molecule has 0 atom stereocenters. The third kappa shape index (κ3) is 6.56. The monoisotopic (exact) mass is 426 g/mol. The van der Waals surface area contributed by atoms with Crippen molar-refractivity contribution in [3.8, 4) is 5.75 Å². The molecule has 2 aromatic rings. The smallest absolute Gasteiger partial charge is 0.231 e. The van der Waals surface area contributed by atoms with E-state index in [1.165, 1.54) is 11.1 Å². The van der Waals surface area contributed by atoms with E-state index in [2.05, 4.69) is 42.7 Å². The number of hydrogen-bond acceptors (Lipinski definition) is 3. The molecule has 0 unspecified atom stereocenters. The molecule has 2 N–H and O–H groups in total. The largest absolute Gasteiger partial charge is 0.493 e. The molecule has 0 aromatic heterocycles. The number of aryl methyl sites for hydroxylation is 4. The van der Waals surface area contributed by atoms with Gasteiger partial charge in [0.25, 0.3) is 0 Å². The Morgan fingerprint density at radius 1 is 1.10 bits per heavy atom. The lowest BCUT2D eigenvalue weighted by Crippen LogP contribution is -2.42. The topological polar surface area (TPSA) is 50.4 Å². The van der Waals surface area contributed by atoms with Crippen molar-refractivity contribution in [1.29, 1.82) is 0 Å². The fourth-order valence-corrected chi connectivity index (χ4v) is 3.49. The number of nitrogens with one attached hydrogen (secondary N) is 2. The molecule has 0 aliphatic heterocycles. The summed E-state index contributed by atoms with van der Waals surface area (Å²) in [7, 11) is 0. The second-order valence-electron chi connectivity index (χ2n) is 8.48. The van der Waals surface area contributed by atoms with Crippen LogP contribution in [0, 0.1) is 26.2 Å². The first-order chi connectivity index (χ1) is 14.1. The molecule has 0 heterocycles. The molecule has 0 fully saturated rings. The van der Waals surface area contributed by atoms with Crippen molar-refractivity contribution < 1.29 is 9.53 Å². The van der Waals surface area contributed by atoms with Gasteiger partial charge in [-0.3, -0.25) is 4.79 Å². The number of rotatable bonds is 8. The minimum Gasteiger partial charge on any atom is -0.493 e. The van der Waals surface area contributed by atoms with Crippen LogP contribution in [0.15, 0.2) is 36.4 Å². The third-order valence-electron chi connectivity index (χ3n) is 5.37. The van der Waals surface area contributed by atoms with Crippen LogP contribution in [0.4, 0.5) is 5.69 Å². The van der Waals surface area contributed by atoms with E-state index in [1.807, 2.05) is 45.9 Å². The molecule has 0 radical (unpaired) electrons. The average molecular weight is 427 g/mol. The summed E-state index contributed by atoms with van der Waals surface area (Å²) in [6.07, 6.45) is 2.38. The second kappa shape index (κ2) is 10.6. The predicted octanol–water partition coefficient (Wildman–Crippen LogP) is 5.87. The number of hydrogen-bond donors (Lipinski definition) is 2. The van der Waals surface area contributed by atoms with Gasteiger partial charge in [0.2, 0.25) is 5.91 Å². The van der Waals surface area contributed by atoms with Gasteiger partial charge in [0, 0.05) is 11.1 Å². The van der Waals surface area contributed by atoms with Crippen molar-refractivity contribution in [3.05, 3.63) is 58.7 Å². The molecule has 5 heteroatoms. The highest BCUT2D eigenvalue weighted by Gasteiger charge is 2.28. The molecule has 162 valence electrons. The van der Waals surface area contributed by atoms with E-state index in [4.69, 9.17) is 17.0 Å². The number of anilines is 1. The summed E-state index contributed by atoms with van der Waals surface area (Å²) < 4.78 is 5.92. The van der Waals surface area contributed by atoms with Crippen molar-refractivity contribution in [1.82, 2.24) is 5.32 Å². The van der Waals surface area contributed by atoms with E-state index in [-0.39, 0.29) is 5.91 Å². The van der Waals surface area contributed by atoms with E-state index < -0.39 is 5.41 Å². The van der Waals surface area contributed by atoms with Crippen LogP contribution in [0.25, 0.3) is 0 Å². The SMILES string of the molecule is CCc1cccc(C)c1NC(=S)NC(=O)C(C)(C)CCCOc1cc(C)ccc1C. The molecule has 0 spiro atoms. The highest BCUT2D eigenvalue weighted by atomic mass is 32.1. The maximum atomic E-state index is 12.8. The number of benzene rings is 2. The molecule has 0 aliphatic carbocycles. The summed E-state index contributed by atoms with van der Waals surface area (Å²) in [5.41, 5.74) is 5.01. The van der Waals surface area contributed by atoms with E-state index >= 15 is 0 Å². The van der Waals surface area contributed by atoms with Crippen LogP contribution < -0.4 is 15.4 Å². The van der Waals surface area contributed by atoms with Gasteiger partial charge >= 0.3 is 0 Å². The van der Waals surface area contributed by atoms with E-state index in [0.29, 0.717) is 18.1 Å². The Labute approximate surface area is 186 Å². The number of para-hydroxylation sites is 1. The Balaban J connectivity index is 1.86. The average Bonchev–Trinajstić information content (AvgIpc) is 2.69. The summed E-state index contributed by atoms with van der Waals surface area (Å²) >= 11 is 5.41. The Kier molecular flexibility index (Phi) is 8.42. The Morgan fingerprint density at radius 3 is 2.53 bits per heavy atom. The van der Waals surface area contributed by atoms with Crippen molar-refractivity contribution in [2.45, 2.75) is 60.8 Å². The fourth-order valence-electron chi connectivity index (χ4n) is 3.29. The van der Waals surface area contributed by atoms with E-state index in [0.717, 1.165) is 35.4 Å². The minimum atomic E-state index is -0.546. The highest BCUT2D eigenvalue weighted by molar-refractivity contribution is 7.80. The zero-order valence-corrected chi connectivity index (χ0v) is 19.8. The van der Waals surface area contributed by atoms with Gasteiger partial charge in [-0.2, -0.15) is 0 Å². The maximum Gasteiger partial charge on any atom is 0.231 e. The van der Waals surface area contributed by atoms with Gasteiger partial charge in [0.1, 0.15) is 5.75 Å². The van der Waals surface area contributed by atoms with Crippen LogP contribution >= 0.6 is 12.2 Å². The summed E-state index contributed by atoms with van der Waals surface area (Å²) in [5.74, 6) is 0.825. The first kappa shape index (κ1) is 23.9. The van der Waals surface area contributed by atoms with Gasteiger partial charge in [0.15, 0.2) is 5.11 Å². The Bertz CT molecular complexity index is 906. The lowest BCUT2D eigenvalue weighted by atomic mass is 9.87. The fraction of sp³-hybridized carbons (Fsp3) is 0.440. The molecule has 0 saturated heterocycles. The molecule has 0 saturated carbocycles. The van der Waals surface area contributed by atoms with Crippen molar-refractivity contribution >= 4 is 28.9 Å². The van der Waals surface area contributed by atoms with Crippen LogP contribution in [-0.4, -0.2) is 17.6 Å². The molecule has 0 bridgehead atoms. The standard InChI is InChI=1S/C25H34N2O2S/c1-7-20-11-8-10-19(4)22(20)26-24(30)27-23(28)25(5,6)14-9-15-29-21-16-17(2)12-13-18(21)3/h8,10-13,16H,7,9,14-15H2,1-6H3,(H2,26,27,28,30). The number of amides is 1. The van der Waals surface area contributed by atoms with Gasteiger partial charge in [-0.1, -0.05) is 51.1 Å². The number of thiocarbonyl (C=S) groups is 1. The second-order valence-corrected chi connectivity index (χ2v) is 8.88. The minimum absolute atomic E-state index is 0.0848. The quantitative estimate of drug-likeness (QED) is 0.409. The van der Waals surface area contributed by atoms with Crippen LogP contribution in [0.5, 0.6) is 5.75 Å². The molecule has 0 aliphatic rings. The third-order valence-corrected chi connectivity index (χ3v) is 5.57. The maximum absolute atomic E-state index is 12.8. The van der Waals surface area contributed by atoms with Crippen LogP contribution in [0.1, 0.15) is 55.9 Å². The molecule has 1 amide bonds. The molecule has 30 heavy (non-hydrogen) atoms. The lowest BCUT2D eigenvalue weighted by molar-refractivity contribution is -0.128. The van der Waals surface area contributed by atoms with E-state index in [1.54, 1.807) is 0 Å². The first-order valence-electron chi connectivity index (χ1n) is 10.5. The zero-order chi connectivity index (χ0) is 22.3. The highest BCUT2D eigenvalue weighted by Crippen LogP contribution is 2.25. The normalized spacial score (nSPS) is 11.1. The zero-order valence-electron chi connectivity index (χ0n) is 19.0. The molecule has 4 nitrogen and oxygen atoms in total. The van der Waals surface area contributed by atoms with Crippen molar-refractivity contribution in [3.63, 3.8) is 0 Å². The van der Waals surface area contributed by atoms with Gasteiger partial charge < -0.3 is 15.4 Å². The summed E-state index contributed by atoms with van der Waals surface area (Å²) in [6.45, 7) is 12.7. The summed E-state index contributed by atoms with van der Waals surface area (Å²) in [5, 5.41) is 6.41. The predicted molar refractivity (Wildman–Crippen MR) is 129 cm³/mol. The summed E-state index contributed by atoms with van der Waals surface area (Å²) in [4.78, 5) is 12.8. The Morgan fingerprint density at radius 2 is 1.83 bits per heavy atom. The lowest BCUT2D eigenvalue weighted by Gasteiger charge is -2.24. The first-order valence-corrected chi connectivity index (χ1v) is 11.0. The molecular weight excluding hydrogens is 392 g/mol. The molecule has 2 aromatic carbocycles. The van der Waals surface area contributed by atoms with Crippen LogP contribution in [0.3, 0.4) is 0 Å². The number of carbonyl (C=O) groups is 1. The van der Waals surface area contributed by atoms with E-state index in [9.17, 15) is 4.79 Å². The van der Waals surface area contributed by atoms with Gasteiger partial charge in [-0.15, -0.1) is 0 Å². The van der Waals surface area contributed by atoms with Crippen molar-refractivity contribution in [2.75, 3.05) is 11.9 Å².